The number of anilines is 1. The lowest BCUT2D eigenvalue weighted by Gasteiger charge is -2.12. The molecule has 0 saturated heterocycles. The fourth-order valence-electron chi connectivity index (χ4n) is 1.57. The van der Waals surface area contributed by atoms with Gasteiger partial charge in [0.2, 0.25) is 0 Å². The van der Waals surface area contributed by atoms with Crippen molar-refractivity contribution in [2.45, 2.75) is 20.0 Å². The van der Waals surface area contributed by atoms with Gasteiger partial charge in [0, 0.05) is 6.07 Å². The van der Waals surface area contributed by atoms with Crippen molar-refractivity contribution < 1.29 is 24.0 Å². The summed E-state index contributed by atoms with van der Waals surface area (Å²) in [5.41, 5.74) is 0.159. The molecule has 0 spiro atoms. The predicted molar refractivity (Wildman–Crippen MR) is 72.9 cm³/mol. The normalized spacial score (nSPS) is 11.7. The van der Waals surface area contributed by atoms with Crippen molar-refractivity contribution in [3.05, 3.63) is 41.7 Å². The van der Waals surface area contributed by atoms with E-state index < -0.39 is 18.0 Å². The van der Waals surface area contributed by atoms with Crippen LogP contribution in [0.4, 0.5) is 5.82 Å². The van der Waals surface area contributed by atoms with E-state index in [0.29, 0.717) is 5.76 Å². The van der Waals surface area contributed by atoms with Crippen LogP contribution in [0.3, 0.4) is 0 Å². The number of carbonyl (C=O) groups is 2. The fourth-order valence-corrected chi connectivity index (χ4v) is 1.57. The molecule has 0 aliphatic heterocycles. The van der Waals surface area contributed by atoms with E-state index in [-0.39, 0.29) is 17.1 Å². The van der Waals surface area contributed by atoms with Crippen molar-refractivity contribution in [3.63, 3.8) is 0 Å². The summed E-state index contributed by atoms with van der Waals surface area (Å²) in [6.07, 6.45) is -1.02. The second-order valence-electron chi connectivity index (χ2n) is 4.41. The van der Waals surface area contributed by atoms with Crippen LogP contribution in [0, 0.1) is 6.92 Å². The van der Waals surface area contributed by atoms with Gasteiger partial charge in [0.15, 0.2) is 11.9 Å². The number of rotatable bonds is 4. The molecular weight excluding hydrogens is 276 g/mol. The zero-order valence-corrected chi connectivity index (χ0v) is 11.5. The van der Waals surface area contributed by atoms with Crippen LogP contribution in [0.25, 0.3) is 0 Å². The minimum atomic E-state index is -1.02. The van der Waals surface area contributed by atoms with Crippen LogP contribution in [0.1, 0.15) is 23.0 Å². The molecule has 0 saturated carbocycles. The van der Waals surface area contributed by atoms with Crippen LogP contribution in [0.15, 0.2) is 34.9 Å². The number of phenolic OH excluding ortho intramolecular Hbond substituents is 1. The summed E-state index contributed by atoms with van der Waals surface area (Å²) < 4.78 is 9.82. The third kappa shape index (κ3) is 3.82. The summed E-state index contributed by atoms with van der Waals surface area (Å²) in [6, 6.07) is 7.22. The lowest BCUT2D eigenvalue weighted by atomic mass is 10.2. The van der Waals surface area contributed by atoms with Crippen molar-refractivity contribution in [3.8, 4) is 5.75 Å². The van der Waals surface area contributed by atoms with Gasteiger partial charge in [-0.2, -0.15) is 0 Å². The van der Waals surface area contributed by atoms with E-state index in [0.717, 1.165) is 0 Å². The van der Waals surface area contributed by atoms with E-state index in [1.165, 1.54) is 31.2 Å². The van der Waals surface area contributed by atoms with E-state index in [4.69, 9.17) is 9.26 Å². The molecule has 0 bridgehead atoms. The smallest absolute Gasteiger partial charge is 0.339 e. The Morgan fingerprint density at radius 3 is 2.76 bits per heavy atom. The number of nitrogens with one attached hydrogen (secondary N) is 1. The number of amides is 1. The molecule has 0 aliphatic carbocycles. The zero-order valence-electron chi connectivity index (χ0n) is 11.5. The fraction of sp³-hybridized carbons (Fsp3) is 0.214. The maximum Gasteiger partial charge on any atom is 0.339 e. The summed E-state index contributed by atoms with van der Waals surface area (Å²) >= 11 is 0. The number of aromatic nitrogens is 1. The van der Waals surface area contributed by atoms with Gasteiger partial charge in [0.25, 0.3) is 5.91 Å². The van der Waals surface area contributed by atoms with Crippen molar-refractivity contribution in [2.75, 3.05) is 5.32 Å². The second kappa shape index (κ2) is 6.08. The molecule has 0 fully saturated rings. The summed E-state index contributed by atoms with van der Waals surface area (Å²) in [5.74, 6) is -0.492. The van der Waals surface area contributed by atoms with Gasteiger partial charge in [0.05, 0.1) is 5.56 Å². The SMILES string of the molecule is Cc1cc(NC(=O)[C@@H](C)OC(=O)c2cccc(O)c2)no1. The molecule has 110 valence electrons. The van der Waals surface area contributed by atoms with Crippen molar-refractivity contribution in [1.29, 1.82) is 0 Å². The van der Waals surface area contributed by atoms with Crippen LogP contribution in [-0.2, 0) is 9.53 Å². The van der Waals surface area contributed by atoms with Gasteiger partial charge < -0.3 is 19.7 Å². The quantitative estimate of drug-likeness (QED) is 0.833. The number of phenols is 1. The summed E-state index contributed by atoms with van der Waals surface area (Å²) in [7, 11) is 0. The third-order valence-electron chi connectivity index (χ3n) is 2.61. The number of aromatic hydroxyl groups is 1. The Kier molecular flexibility index (Phi) is 4.22. The monoisotopic (exact) mass is 290 g/mol. The number of hydrogen-bond donors (Lipinski definition) is 2. The lowest BCUT2D eigenvalue weighted by Crippen LogP contribution is -2.30. The molecule has 2 N–H and O–H groups in total. The molecule has 2 aromatic rings. The van der Waals surface area contributed by atoms with Gasteiger partial charge in [-0.25, -0.2) is 4.79 Å². The van der Waals surface area contributed by atoms with Gasteiger partial charge in [0.1, 0.15) is 11.5 Å². The number of carbonyl (C=O) groups excluding carboxylic acids is 2. The molecule has 7 nitrogen and oxygen atoms in total. The molecule has 0 unspecified atom stereocenters. The van der Waals surface area contributed by atoms with Gasteiger partial charge in [-0.1, -0.05) is 11.2 Å². The molecule has 7 heteroatoms. The maximum absolute atomic E-state index is 11.8. The predicted octanol–water partition coefficient (Wildman–Crippen LogP) is 1.87. The second-order valence-corrected chi connectivity index (χ2v) is 4.41. The minimum Gasteiger partial charge on any atom is -0.508 e. The Labute approximate surface area is 120 Å². The molecule has 0 aliphatic rings. The first-order valence-electron chi connectivity index (χ1n) is 6.20. The van der Waals surface area contributed by atoms with E-state index in [9.17, 15) is 14.7 Å². The number of esters is 1. The van der Waals surface area contributed by atoms with E-state index in [1.54, 1.807) is 13.0 Å². The number of aryl methyl sites for hydroxylation is 1. The molecule has 2 rings (SSSR count). The topological polar surface area (TPSA) is 102 Å². The summed E-state index contributed by atoms with van der Waals surface area (Å²) in [6.45, 7) is 3.12. The largest absolute Gasteiger partial charge is 0.508 e. The average Bonchev–Trinajstić information content (AvgIpc) is 2.84. The highest BCUT2D eigenvalue weighted by molar-refractivity contribution is 5.96. The van der Waals surface area contributed by atoms with E-state index in [2.05, 4.69) is 10.5 Å². The number of ether oxygens (including phenoxy) is 1. The van der Waals surface area contributed by atoms with Crippen molar-refractivity contribution in [2.24, 2.45) is 0 Å². The van der Waals surface area contributed by atoms with E-state index in [1.807, 2.05) is 0 Å². The van der Waals surface area contributed by atoms with Crippen LogP contribution >= 0.6 is 0 Å². The van der Waals surface area contributed by atoms with Crippen LogP contribution in [0.5, 0.6) is 5.75 Å². The molecule has 1 heterocycles. The van der Waals surface area contributed by atoms with Crippen LogP contribution in [0.2, 0.25) is 0 Å². The first-order chi connectivity index (χ1) is 9.95. The molecule has 21 heavy (non-hydrogen) atoms. The zero-order chi connectivity index (χ0) is 15.4. The van der Waals surface area contributed by atoms with Crippen LogP contribution in [-0.4, -0.2) is 28.2 Å². The van der Waals surface area contributed by atoms with Gasteiger partial charge >= 0.3 is 5.97 Å². The minimum absolute atomic E-state index is 0.0559. The highest BCUT2D eigenvalue weighted by atomic mass is 16.5. The Bertz CT molecular complexity index is 665. The summed E-state index contributed by atoms with van der Waals surface area (Å²) in [5, 5.41) is 15.4. The van der Waals surface area contributed by atoms with Gasteiger partial charge in [-0.15, -0.1) is 0 Å². The van der Waals surface area contributed by atoms with Crippen molar-refractivity contribution in [1.82, 2.24) is 5.16 Å². The summed E-state index contributed by atoms with van der Waals surface area (Å²) in [4.78, 5) is 23.7. The maximum atomic E-state index is 11.8. The highest BCUT2D eigenvalue weighted by Gasteiger charge is 2.20. The highest BCUT2D eigenvalue weighted by Crippen LogP contribution is 2.13. The Hall–Kier alpha value is -2.83. The van der Waals surface area contributed by atoms with E-state index >= 15 is 0 Å². The number of benzene rings is 1. The first kappa shape index (κ1) is 14.6. The van der Waals surface area contributed by atoms with Gasteiger partial charge in [-0.3, -0.25) is 4.79 Å². The Balaban J connectivity index is 1.95. The molecule has 1 atom stereocenters. The molecular formula is C14H14N2O5. The first-order valence-corrected chi connectivity index (χ1v) is 6.20. The number of hydrogen-bond acceptors (Lipinski definition) is 6. The Morgan fingerprint density at radius 2 is 2.14 bits per heavy atom. The number of nitrogens with zero attached hydrogens (tertiary/aromatic N) is 1. The lowest BCUT2D eigenvalue weighted by molar-refractivity contribution is -0.123. The molecule has 1 aromatic carbocycles. The van der Waals surface area contributed by atoms with Crippen molar-refractivity contribution >= 4 is 17.7 Å². The average molecular weight is 290 g/mol. The molecule has 1 aromatic heterocycles. The standard InChI is InChI=1S/C14H14N2O5/c1-8-6-12(16-21-8)15-13(18)9(2)20-14(19)10-4-3-5-11(17)7-10/h3-7,9,17H,1-2H3,(H,15,16,18)/t9-/m1/s1. The van der Waals surface area contributed by atoms with Crippen LogP contribution < -0.4 is 5.32 Å². The third-order valence-corrected chi connectivity index (χ3v) is 2.61. The molecule has 0 radical (unpaired) electrons. The van der Waals surface area contributed by atoms with Gasteiger partial charge in [-0.05, 0) is 32.0 Å². The molecule has 1 amide bonds. The Morgan fingerprint density at radius 1 is 1.38 bits per heavy atom.